The van der Waals surface area contributed by atoms with Crippen molar-refractivity contribution in [3.8, 4) is 11.4 Å². The molecule has 2 aromatic carbocycles. The van der Waals surface area contributed by atoms with Crippen LogP contribution in [0.3, 0.4) is 0 Å². The quantitative estimate of drug-likeness (QED) is 0.617. The zero-order valence-electron chi connectivity index (χ0n) is 17.8. The molecular formula is C25H27N3O2. The third-order valence-corrected chi connectivity index (χ3v) is 6.32. The van der Waals surface area contributed by atoms with Gasteiger partial charge in [-0.3, -0.25) is 4.79 Å². The molecule has 2 aliphatic rings. The Morgan fingerprint density at radius 2 is 1.80 bits per heavy atom. The maximum Gasteiger partial charge on any atom is 0.232 e. The van der Waals surface area contributed by atoms with E-state index in [2.05, 4.69) is 61.2 Å². The van der Waals surface area contributed by atoms with Crippen LogP contribution in [0, 0.1) is 0 Å². The Morgan fingerprint density at radius 3 is 2.57 bits per heavy atom. The number of nitrogens with zero attached hydrogens (tertiary/aromatic N) is 3. The normalized spacial score (nSPS) is 18.8. The van der Waals surface area contributed by atoms with Gasteiger partial charge in [0.05, 0.1) is 5.92 Å². The van der Waals surface area contributed by atoms with Crippen molar-refractivity contribution in [2.24, 2.45) is 0 Å². The third kappa shape index (κ3) is 3.42. The van der Waals surface area contributed by atoms with E-state index in [1.807, 2.05) is 17.0 Å². The summed E-state index contributed by atoms with van der Waals surface area (Å²) in [5, 5.41) is 4.18. The lowest BCUT2D eigenvalue weighted by Gasteiger charge is -2.18. The molecule has 5 nitrogen and oxygen atoms in total. The lowest BCUT2D eigenvalue weighted by atomic mass is 9.87. The van der Waals surface area contributed by atoms with Crippen LogP contribution < -0.4 is 4.90 Å². The van der Waals surface area contributed by atoms with Gasteiger partial charge in [0.1, 0.15) is 0 Å². The fourth-order valence-electron chi connectivity index (χ4n) is 4.49. The second-order valence-corrected chi connectivity index (χ2v) is 9.50. The Bertz CT molecular complexity index is 1090. The number of amides is 1. The van der Waals surface area contributed by atoms with Gasteiger partial charge in [-0.15, -0.1) is 0 Å². The maximum absolute atomic E-state index is 12.7. The van der Waals surface area contributed by atoms with Gasteiger partial charge in [-0.05, 0) is 53.5 Å². The zero-order chi connectivity index (χ0) is 20.9. The lowest BCUT2D eigenvalue weighted by molar-refractivity contribution is -0.117. The number of aromatic nitrogens is 2. The van der Waals surface area contributed by atoms with Crippen LogP contribution in [0.2, 0.25) is 0 Å². The largest absolute Gasteiger partial charge is 0.339 e. The molecule has 1 atom stereocenters. The molecular weight excluding hydrogens is 374 g/mol. The van der Waals surface area contributed by atoms with E-state index in [0.29, 0.717) is 24.7 Å². The first-order valence-electron chi connectivity index (χ1n) is 10.8. The number of hydrogen-bond donors (Lipinski definition) is 0. The fraction of sp³-hybridized carbons (Fsp3) is 0.400. The molecule has 1 aliphatic carbocycles. The minimum absolute atomic E-state index is 0.0687. The summed E-state index contributed by atoms with van der Waals surface area (Å²) in [4.78, 5) is 19.2. The first-order valence-corrected chi connectivity index (χ1v) is 10.8. The summed E-state index contributed by atoms with van der Waals surface area (Å²) in [6.07, 6.45) is 3.86. The zero-order valence-corrected chi connectivity index (χ0v) is 17.8. The summed E-state index contributed by atoms with van der Waals surface area (Å²) < 4.78 is 5.57. The van der Waals surface area contributed by atoms with Crippen LogP contribution in [-0.4, -0.2) is 22.6 Å². The highest BCUT2D eigenvalue weighted by Crippen LogP contribution is 2.34. The summed E-state index contributed by atoms with van der Waals surface area (Å²) in [7, 11) is 0. The molecule has 154 valence electrons. The number of anilines is 1. The van der Waals surface area contributed by atoms with E-state index in [9.17, 15) is 4.79 Å². The summed E-state index contributed by atoms with van der Waals surface area (Å²) in [5.74, 6) is 1.17. The Balaban J connectivity index is 1.34. The molecule has 5 rings (SSSR count). The monoisotopic (exact) mass is 401 g/mol. The number of rotatable bonds is 3. The van der Waals surface area contributed by atoms with Crippen LogP contribution >= 0.6 is 0 Å². The molecule has 1 unspecified atom stereocenters. The molecule has 0 radical (unpaired) electrons. The van der Waals surface area contributed by atoms with Gasteiger partial charge in [-0.1, -0.05) is 56.3 Å². The SMILES string of the molecule is CC(C)(C)c1ccc(-c2noc(C3CC(=O)N(c4ccc5c(c4)CCC5)C3)n2)cc1. The van der Waals surface area contributed by atoms with Crippen molar-refractivity contribution in [3.05, 3.63) is 65.0 Å². The van der Waals surface area contributed by atoms with E-state index in [0.717, 1.165) is 24.1 Å². The van der Waals surface area contributed by atoms with Crippen LogP contribution in [0.25, 0.3) is 11.4 Å². The molecule has 0 spiro atoms. The second kappa shape index (κ2) is 7.08. The van der Waals surface area contributed by atoms with Gasteiger partial charge < -0.3 is 9.42 Å². The predicted octanol–water partition coefficient (Wildman–Crippen LogP) is 5.04. The van der Waals surface area contributed by atoms with Gasteiger partial charge in [0, 0.05) is 24.2 Å². The van der Waals surface area contributed by atoms with Crippen LogP contribution in [0.5, 0.6) is 0 Å². The van der Waals surface area contributed by atoms with Gasteiger partial charge in [-0.25, -0.2) is 0 Å². The van der Waals surface area contributed by atoms with Crippen LogP contribution in [-0.2, 0) is 23.1 Å². The summed E-state index contributed by atoms with van der Waals surface area (Å²) in [6, 6.07) is 14.7. The molecule has 30 heavy (non-hydrogen) atoms. The number of carbonyl (C=O) groups is 1. The van der Waals surface area contributed by atoms with Crippen LogP contribution in [0.4, 0.5) is 5.69 Å². The number of fused-ring (bicyclic) bond motifs is 1. The molecule has 1 aliphatic heterocycles. The van der Waals surface area contributed by atoms with E-state index in [4.69, 9.17) is 4.52 Å². The van der Waals surface area contributed by atoms with Crippen molar-refractivity contribution in [2.75, 3.05) is 11.4 Å². The second-order valence-electron chi connectivity index (χ2n) is 9.50. The third-order valence-electron chi connectivity index (χ3n) is 6.32. The standard InChI is InChI=1S/C25H27N3O2/c1-25(2,3)20-10-7-17(8-11-20)23-26-24(30-27-23)19-14-22(29)28(15-19)21-12-9-16-5-4-6-18(16)13-21/h7-13,19H,4-6,14-15H2,1-3H3. The van der Waals surface area contributed by atoms with Crippen molar-refractivity contribution in [1.29, 1.82) is 0 Å². The van der Waals surface area contributed by atoms with E-state index in [-0.39, 0.29) is 17.2 Å². The molecule has 1 fully saturated rings. The highest BCUT2D eigenvalue weighted by Gasteiger charge is 2.35. The molecule has 1 aromatic heterocycles. The van der Waals surface area contributed by atoms with E-state index in [1.54, 1.807) is 0 Å². The molecule has 0 N–H and O–H groups in total. The minimum atomic E-state index is -0.0687. The van der Waals surface area contributed by atoms with Crippen molar-refractivity contribution in [1.82, 2.24) is 10.1 Å². The number of aryl methyl sites for hydroxylation is 2. The van der Waals surface area contributed by atoms with Gasteiger partial charge in [0.2, 0.25) is 17.6 Å². The number of hydrogen-bond acceptors (Lipinski definition) is 4. The van der Waals surface area contributed by atoms with Crippen molar-refractivity contribution in [2.45, 2.75) is 57.8 Å². The molecule has 1 saturated heterocycles. The summed E-state index contributed by atoms with van der Waals surface area (Å²) in [6.45, 7) is 7.16. The predicted molar refractivity (Wildman–Crippen MR) is 117 cm³/mol. The minimum Gasteiger partial charge on any atom is -0.339 e. The van der Waals surface area contributed by atoms with E-state index in [1.165, 1.54) is 23.1 Å². The number of carbonyl (C=O) groups excluding carboxylic acids is 1. The smallest absolute Gasteiger partial charge is 0.232 e. The van der Waals surface area contributed by atoms with Crippen LogP contribution in [0.1, 0.15) is 62.1 Å². The highest BCUT2D eigenvalue weighted by molar-refractivity contribution is 5.96. The summed E-state index contributed by atoms with van der Waals surface area (Å²) in [5.41, 5.74) is 6.08. The molecule has 3 aromatic rings. The maximum atomic E-state index is 12.7. The Labute approximate surface area is 177 Å². The molecule has 0 bridgehead atoms. The van der Waals surface area contributed by atoms with Crippen molar-refractivity contribution >= 4 is 11.6 Å². The van der Waals surface area contributed by atoms with Gasteiger partial charge in [0.25, 0.3) is 0 Å². The fourth-order valence-corrected chi connectivity index (χ4v) is 4.49. The molecule has 2 heterocycles. The first kappa shape index (κ1) is 19.0. The van der Waals surface area contributed by atoms with Crippen molar-refractivity contribution < 1.29 is 9.32 Å². The van der Waals surface area contributed by atoms with E-state index >= 15 is 0 Å². The Morgan fingerprint density at radius 1 is 1.03 bits per heavy atom. The Kier molecular flexibility index (Phi) is 4.49. The molecule has 0 saturated carbocycles. The van der Waals surface area contributed by atoms with Gasteiger partial charge in [0.15, 0.2) is 0 Å². The topological polar surface area (TPSA) is 59.2 Å². The average molecular weight is 402 g/mol. The highest BCUT2D eigenvalue weighted by atomic mass is 16.5. The number of benzene rings is 2. The van der Waals surface area contributed by atoms with Crippen LogP contribution in [0.15, 0.2) is 47.0 Å². The first-order chi connectivity index (χ1) is 14.4. The Hall–Kier alpha value is -2.95. The van der Waals surface area contributed by atoms with Gasteiger partial charge in [-0.2, -0.15) is 4.98 Å². The molecule has 5 heteroatoms. The average Bonchev–Trinajstić information content (AvgIpc) is 3.46. The lowest BCUT2D eigenvalue weighted by Crippen LogP contribution is -2.24. The molecule has 1 amide bonds. The van der Waals surface area contributed by atoms with Crippen molar-refractivity contribution in [3.63, 3.8) is 0 Å². The van der Waals surface area contributed by atoms with Gasteiger partial charge >= 0.3 is 0 Å². The summed E-state index contributed by atoms with van der Waals surface area (Å²) >= 11 is 0. The van der Waals surface area contributed by atoms with E-state index < -0.39 is 0 Å².